The van der Waals surface area contributed by atoms with Gasteiger partial charge in [-0.05, 0) is 56.5 Å². The molecule has 0 radical (unpaired) electrons. The predicted octanol–water partition coefficient (Wildman–Crippen LogP) is 2.24. The lowest BCUT2D eigenvalue weighted by Gasteiger charge is -2.30. The van der Waals surface area contributed by atoms with Crippen LogP contribution in [0.25, 0.3) is 0 Å². The van der Waals surface area contributed by atoms with Crippen molar-refractivity contribution in [1.82, 2.24) is 20.1 Å². The Bertz CT molecular complexity index is 489. The number of hydrogen-bond donors (Lipinski definition) is 1. The van der Waals surface area contributed by atoms with Crippen molar-refractivity contribution in [2.45, 2.75) is 51.2 Å². The standard InChI is InChI=1S/C17H26N4O/c1-2-20-11-3-4-16(20)13-21(17(22)19-15-5-6-15)12-14-7-9-18-10-8-14/h7-10,15-16H,2-6,11-13H2,1H3,(H,19,22)/t16-/m1/s1. The minimum Gasteiger partial charge on any atom is -0.335 e. The van der Waals surface area contributed by atoms with Crippen molar-refractivity contribution in [2.24, 2.45) is 0 Å². The molecule has 1 aliphatic heterocycles. The molecule has 22 heavy (non-hydrogen) atoms. The van der Waals surface area contributed by atoms with Gasteiger partial charge in [0.25, 0.3) is 0 Å². The van der Waals surface area contributed by atoms with Gasteiger partial charge in [0, 0.05) is 37.6 Å². The molecular weight excluding hydrogens is 276 g/mol. The lowest BCUT2D eigenvalue weighted by molar-refractivity contribution is 0.164. The van der Waals surface area contributed by atoms with E-state index >= 15 is 0 Å². The molecule has 0 aromatic carbocycles. The molecule has 0 unspecified atom stereocenters. The first-order chi connectivity index (χ1) is 10.8. The summed E-state index contributed by atoms with van der Waals surface area (Å²) in [5.41, 5.74) is 1.14. The lowest BCUT2D eigenvalue weighted by atomic mass is 10.2. The molecule has 1 saturated heterocycles. The van der Waals surface area contributed by atoms with Crippen molar-refractivity contribution in [2.75, 3.05) is 19.6 Å². The number of nitrogens with zero attached hydrogens (tertiary/aromatic N) is 3. The fraction of sp³-hybridized carbons (Fsp3) is 0.647. The zero-order valence-corrected chi connectivity index (χ0v) is 13.4. The SMILES string of the molecule is CCN1CCC[C@@H]1CN(Cc1ccncc1)C(=O)NC1CC1. The maximum Gasteiger partial charge on any atom is 0.317 e. The summed E-state index contributed by atoms with van der Waals surface area (Å²) >= 11 is 0. The van der Waals surface area contributed by atoms with Crippen LogP contribution in [-0.2, 0) is 6.54 Å². The number of aromatic nitrogens is 1. The van der Waals surface area contributed by atoms with Crippen LogP contribution in [0.15, 0.2) is 24.5 Å². The number of carbonyl (C=O) groups is 1. The van der Waals surface area contributed by atoms with E-state index in [4.69, 9.17) is 0 Å². The number of likely N-dealkylation sites (N-methyl/N-ethyl adjacent to an activating group) is 1. The average Bonchev–Trinajstić information content (AvgIpc) is 3.23. The molecule has 5 nitrogen and oxygen atoms in total. The van der Waals surface area contributed by atoms with Gasteiger partial charge in [-0.1, -0.05) is 6.92 Å². The van der Waals surface area contributed by atoms with E-state index in [-0.39, 0.29) is 6.03 Å². The third-order valence-corrected chi connectivity index (χ3v) is 4.65. The Hall–Kier alpha value is -1.62. The second-order valence-corrected chi connectivity index (χ2v) is 6.38. The van der Waals surface area contributed by atoms with E-state index < -0.39 is 0 Å². The van der Waals surface area contributed by atoms with Gasteiger partial charge in [0.15, 0.2) is 0 Å². The molecule has 1 atom stereocenters. The van der Waals surface area contributed by atoms with E-state index in [9.17, 15) is 4.79 Å². The van der Waals surface area contributed by atoms with Crippen LogP contribution in [0, 0.1) is 0 Å². The summed E-state index contributed by atoms with van der Waals surface area (Å²) in [4.78, 5) is 21.1. The van der Waals surface area contributed by atoms with Gasteiger partial charge in [-0.3, -0.25) is 9.88 Å². The molecule has 3 rings (SSSR count). The average molecular weight is 302 g/mol. The number of likely N-dealkylation sites (tertiary alicyclic amines) is 1. The van der Waals surface area contributed by atoms with E-state index in [1.807, 2.05) is 17.0 Å². The summed E-state index contributed by atoms with van der Waals surface area (Å²) in [7, 11) is 0. The van der Waals surface area contributed by atoms with Crippen LogP contribution in [0.1, 0.15) is 38.2 Å². The first-order valence-corrected chi connectivity index (χ1v) is 8.44. The van der Waals surface area contributed by atoms with Gasteiger partial charge in [0.1, 0.15) is 0 Å². The summed E-state index contributed by atoms with van der Waals surface area (Å²) in [6.45, 7) is 5.91. The van der Waals surface area contributed by atoms with Gasteiger partial charge in [-0.2, -0.15) is 0 Å². The number of amides is 2. The van der Waals surface area contributed by atoms with E-state index in [1.165, 1.54) is 12.8 Å². The van der Waals surface area contributed by atoms with Crippen molar-refractivity contribution < 1.29 is 4.79 Å². The second kappa shape index (κ2) is 7.09. The highest BCUT2D eigenvalue weighted by atomic mass is 16.2. The van der Waals surface area contributed by atoms with Crippen molar-refractivity contribution in [3.05, 3.63) is 30.1 Å². The summed E-state index contributed by atoms with van der Waals surface area (Å²) in [5, 5.41) is 3.13. The van der Waals surface area contributed by atoms with Gasteiger partial charge >= 0.3 is 6.03 Å². The van der Waals surface area contributed by atoms with Gasteiger partial charge in [-0.15, -0.1) is 0 Å². The molecular formula is C17H26N4O. The Kier molecular flexibility index (Phi) is 4.93. The van der Waals surface area contributed by atoms with Crippen LogP contribution in [0.5, 0.6) is 0 Å². The molecule has 2 aliphatic rings. The molecule has 2 amide bonds. The molecule has 1 aromatic heterocycles. The summed E-state index contributed by atoms with van der Waals surface area (Å²) in [5.74, 6) is 0. The molecule has 1 saturated carbocycles. The van der Waals surface area contributed by atoms with Crippen LogP contribution in [0.4, 0.5) is 4.79 Å². The highest BCUT2D eigenvalue weighted by Crippen LogP contribution is 2.21. The van der Waals surface area contributed by atoms with Crippen molar-refractivity contribution in [3.8, 4) is 0 Å². The molecule has 0 bridgehead atoms. The minimum absolute atomic E-state index is 0.0854. The second-order valence-electron chi connectivity index (χ2n) is 6.38. The monoisotopic (exact) mass is 302 g/mol. The van der Waals surface area contributed by atoms with Gasteiger partial charge in [0.05, 0.1) is 0 Å². The van der Waals surface area contributed by atoms with E-state index in [0.29, 0.717) is 18.6 Å². The van der Waals surface area contributed by atoms with Crippen LogP contribution in [0.3, 0.4) is 0 Å². The van der Waals surface area contributed by atoms with Gasteiger partial charge in [0.2, 0.25) is 0 Å². The normalized spacial score (nSPS) is 21.8. The van der Waals surface area contributed by atoms with Crippen molar-refractivity contribution in [1.29, 1.82) is 0 Å². The third kappa shape index (κ3) is 3.97. The van der Waals surface area contributed by atoms with Crippen molar-refractivity contribution >= 4 is 6.03 Å². The molecule has 120 valence electrons. The minimum atomic E-state index is 0.0854. The summed E-state index contributed by atoms with van der Waals surface area (Å²) in [6, 6.07) is 4.96. The van der Waals surface area contributed by atoms with Gasteiger partial charge < -0.3 is 10.2 Å². The number of rotatable bonds is 6. The predicted molar refractivity (Wildman–Crippen MR) is 86.5 cm³/mol. The highest BCUT2D eigenvalue weighted by molar-refractivity contribution is 5.75. The van der Waals surface area contributed by atoms with Crippen LogP contribution >= 0.6 is 0 Å². The summed E-state index contributed by atoms with van der Waals surface area (Å²) < 4.78 is 0. The fourth-order valence-corrected chi connectivity index (χ4v) is 3.19. The van der Waals surface area contributed by atoms with Crippen molar-refractivity contribution in [3.63, 3.8) is 0 Å². The molecule has 1 aliphatic carbocycles. The number of pyridine rings is 1. The molecule has 2 fully saturated rings. The Morgan fingerprint density at radius 3 is 2.82 bits per heavy atom. The van der Waals surface area contributed by atoms with Crippen LogP contribution in [-0.4, -0.2) is 52.5 Å². The largest absolute Gasteiger partial charge is 0.335 e. The zero-order chi connectivity index (χ0) is 15.4. The highest BCUT2D eigenvalue weighted by Gasteiger charge is 2.30. The lowest BCUT2D eigenvalue weighted by Crippen LogP contribution is -2.47. The van der Waals surface area contributed by atoms with E-state index in [0.717, 1.165) is 38.0 Å². The number of urea groups is 1. The van der Waals surface area contributed by atoms with Crippen LogP contribution in [0.2, 0.25) is 0 Å². The van der Waals surface area contributed by atoms with E-state index in [1.54, 1.807) is 12.4 Å². The maximum atomic E-state index is 12.6. The third-order valence-electron chi connectivity index (χ3n) is 4.65. The zero-order valence-electron chi connectivity index (χ0n) is 13.4. The maximum absolute atomic E-state index is 12.6. The first kappa shape index (κ1) is 15.3. The van der Waals surface area contributed by atoms with Crippen LogP contribution < -0.4 is 5.32 Å². The first-order valence-electron chi connectivity index (χ1n) is 8.44. The van der Waals surface area contributed by atoms with Gasteiger partial charge in [-0.25, -0.2) is 4.79 Å². The smallest absolute Gasteiger partial charge is 0.317 e. The number of hydrogen-bond acceptors (Lipinski definition) is 3. The molecule has 2 heterocycles. The quantitative estimate of drug-likeness (QED) is 0.877. The number of nitrogens with one attached hydrogen (secondary N) is 1. The molecule has 1 N–H and O–H groups in total. The Morgan fingerprint density at radius 1 is 1.36 bits per heavy atom. The molecule has 5 heteroatoms. The van der Waals surface area contributed by atoms with E-state index in [2.05, 4.69) is 22.1 Å². The Balaban J connectivity index is 1.66. The topological polar surface area (TPSA) is 48.5 Å². The fourth-order valence-electron chi connectivity index (χ4n) is 3.19. The Labute approximate surface area is 132 Å². The number of carbonyl (C=O) groups excluding carboxylic acids is 1. The Morgan fingerprint density at radius 2 is 2.14 bits per heavy atom. The summed E-state index contributed by atoms with van der Waals surface area (Å²) in [6.07, 6.45) is 8.27. The molecule has 1 aromatic rings. The molecule has 0 spiro atoms.